The van der Waals surface area contributed by atoms with Crippen molar-refractivity contribution in [3.63, 3.8) is 0 Å². The second-order valence-corrected chi connectivity index (χ2v) is 6.75. The molecule has 0 radical (unpaired) electrons. The van der Waals surface area contributed by atoms with Crippen LogP contribution in [0.25, 0.3) is 0 Å². The topological polar surface area (TPSA) is 94.5 Å². The summed E-state index contributed by atoms with van der Waals surface area (Å²) >= 11 is 0. The predicted octanol–water partition coefficient (Wildman–Crippen LogP) is 0.974. The minimum absolute atomic E-state index is 0.386. The van der Waals surface area contributed by atoms with E-state index in [0.29, 0.717) is 12.0 Å². The van der Waals surface area contributed by atoms with Crippen molar-refractivity contribution < 1.29 is 34.0 Å². The monoisotopic (exact) mass is 350 g/mol. The largest absolute Gasteiger partial charge is 0.453 e. The van der Waals surface area contributed by atoms with Crippen LogP contribution in [0, 0.1) is 0 Å². The molecular formula is C18H22O7. The summed E-state index contributed by atoms with van der Waals surface area (Å²) in [7, 11) is 0. The lowest BCUT2D eigenvalue weighted by Gasteiger charge is -2.61. The van der Waals surface area contributed by atoms with Crippen molar-refractivity contribution >= 4 is 5.97 Å². The molecule has 4 bridgehead atoms. The lowest BCUT2D eigenvalue weighted by Crippen LogP contribution is -2.79. The van der Waals surface area contributed by atoms with Crippen LogP contribution in [0.3, 0.4) is 0 Å². The van der Waals surface area contributed by atoms with Crippen molar-refractivity contribution in [2.24, 2.45) is 0 Å². The van der Waals surface area contributed by atoms with Crippen LogP contribution in [0.2, 0.25) is 0 Å². The standard InChI is InChI=1S/C18H22O7/c1-2-3-9-18-23-13-11(19)14(24-18)16(15(25-18)12(13)20)22-17(21)10-7-5-4-6-8-10/h4-8,11-16,19-20H,2-3,9H2,1H3/t11-,12+,13?,14+,15-,16?,18?. The highest BCUT2D eigenvalue weighted by atomic mass is 16.9. The highest BCUT2D eigenvalue weighted by molar-refractivity contribution is 5.89. The molecule has 3 saturated heterocycles. The average molecular weight is 350 g/mol. The number of hydrogen-bond donors (Lipinski definition) is 2. The van der Waals surface area contributed by atoms with Gasteiger partial charge in [0.25, 0.3) is 5.97 Å². The molecule has 3 unspecified atom stereocenters. The minimum atomic E-state index is -1.27. The summed E-state index contributed by atoms with van der Waals surface area (Å²) in [5.41, 5.74) is 0.386. The fourth-order valence-corrected chi connectivity index (χ4v) is 3.74. The van der Waals surface area contributed by atoms with Crippen LogP contribution in [0.5, 0.6) is 0 Å². The quantitative estimate of drug-likeness (QED) is 0.764. The summed E-state index contributed by atoms with van der Waals surface area (Å²) in [5, 5.41) is 20.9. The fraction of sp³-hybridized carbons (Fsp3) is 0.611. The fourth-order valence-electron chi connectivity index (χ4n) is 3.74. The second kappa shape index (κ2) is 6.34. The second-order valence-electron chi connectivity index (χ2n) is 6.75. The van der Waals surface area contributed by atoms with Crippen LogP contribution in [0.15, 0.2) is 30.3 Å². The van der Waals surface area contributed by atoms with E-state index in [0.717, 1.165) is 12.8 Å². The van der Waals surface area contributed by atoms with Gasteiger partial charge in [-0.25, -0.2) is 4.79 Å². The first-order valence-corrected chi connectivity index (χ1v) is 8.70. The van der Waals surface area contributed by atoms with Gasteiger partial charge in [0.15, 0.2) is 6.10 Å². The number of rotatable bonds is 5. The van der Waals surface area contributed by atoms with Gasteiger partial charge in [-0.2, -0.15) is 0 Å². The Labute approximate surface area is 145 Å². The van der Waals surface area contributed by atoms with Gasteiger partial charge in [0.2, 0.25) is 0 Å². The molecule has 4 aliphatic rings. The van der Waals surface area contributed by atoms with Crippen molar-refractivity contribution in [1.82, 2.24) is 0 Å². The Kier molecular flexibility index (Phi) is 4.29. The summed E-state index contributed by atoms with van der Waals surface area (Å²) in [4.78, 5) is 12.4. The van der Waals surface area contributed by atoms with E-state index in [1.165, 1.54) is 0 Å². The van der Waals surface area contributed by atoms with Crippen molar-refractivity contribution in [2.75, 3.05) is 0 Å². The molecule has 1 saturated carbocycles. The number of ether oxygens (including phenoxy) is 4. The molecule has 3 heterocycles. The highest BCUT2D eigenvalue weighted by Crippen LogP contribution is 2.48. The highest BCUT2D eigenvalue weighted by Gasteiger charge is 2.67. The van der Waals surface area contributed by atoms with Crippen LogP contribution in [0.4, 0.5) is 0 Å². The number of aliphatic hydroxyl groups excluding tert-OH is 2. The third kappa shape index (κ3) is 2.76. The average Bonchev–Trinajstić information content (AvgIpc) is 2.64. The van der Waals surface area contributed by atoms with Gasteiger partial charge in [-0.1, -0.05) is 31.5 Å². The zero-order chi connectivity index (χ0) is 17.6. The number of esters is 1. The number of carbonyl (C=O) groups is 1. The maximum absolute atomic E-state index is 12.4. The third-order valence-corrected chi connectivity index (χ3v) is 5.03. The normalized spacial score (nSPS) is 41.7. The Morgan fingerprint density at radius 1 is 1.08 bits per heavy atom. The van der Waals surface area contributed by atoms with E-state index in [1.807, 2.05) is 6.92 Å². The van der Waals surface area contributed by atoms with E-state index in [1.54, 1.807) is 30.3 Å². The van der Waals surface area contributed by atoms with Crippen LogP contribution >= 0.6 is 0 Å². The molecule has 1 aromatic rings. The lowest BCUT2D eigenvalue weighted by atomic mass is 9.81. The molecule has 7 heteroatoms. The van der Waals surface area contributed by atoms with Crippen LogP contribution in [-0.4, -0.2) is 58.8 Å². The molecule has 0 amide bonds. The number of benzene rings is 1. The van der Waals surface area contributed by atoms with E-state index in [2.05, 4.69) is 0 Å². The predicted molar refractivity (Wildman–Crippen MR) is 84.5 cm³/mol. The third-order valence-electron chi connectivity index (χ3n) is 5.03. The molecule has 1 aliphatic carbocycles. The zero-order valence-corrected chi connectivity index (χ0v) is 13.9. The molecule has 7 nitrogen and oxygen atoms in total. The number of carbonyl (C=O) groups excluding carboxylic acids is 1. The first kappa shape index (κ1) is 16.9. The molecule has 3 aliphatic heterocycles. The molecule has 1 aromatic carbocycles. The molecule has 5 rings (SSSR count). The van der Waals surface area contributed by atoms with Gasteiger partial charge >= 0.3 is 5.97 Å². The van der Waals surface area contributed by atoms with E-state index in [4.69, 9.17) is 18.9 Å². The van der Waals surface area contributed by atoms with E-state index in [9.17, 15) is 15.0 Å². The Bertz CT molecular complexity index is 614. The molecule has 7 atom stereocenters. The minimum Gasteiger partial charge on any atom is -0.453 e. The number of aliphatic hydroxyl groups is 2. The van der Waals surface area contributed by atoms with Gasteiger partial charge in [0.1, 0.15) is 30.5 Å². The molecule has 136 valence electrons. The molecule has 4 fully saturated rings. The summed E-state index contributed by atoms with van der Waals surface area (Å²) in [6.45, 7) is 2.04. The zero-order valence-electron chi connectivity index (χ0n) is 13.9. The van der Waals surface area contributed by atoms with Gasteiger partial charge in [-0.15, -0.1) is 0 Å². The van der Waals surface area contributed by atoms with Crippen LogP contribution < -0.4 is 0 Å². The maximum Gasteiger partial charge on any atom is 0.338 e. The molecule has 25 heavy (non-hydrogen) atoms. The van der Waals surface area contributed by atoms with Crippen molar-refractivity contribution in [1.29, 1.82) is 0 Å². The number of hydrogen-bond acceptors (Lipinski definition) is 7. The van der Waals surface area contributed by atoms with Crippen LogP contribution in [0.1, 0.15) is 36.5 Å². The SMILES string of the molecule is CCCCC12OC3[C@@H](O)[C@H](O1)C(OC(=O)c1ccccc1)[C@H](O2)[C@H]3O. The summed E-state index contributed by atoms with van der Waals surface area (Å²) in [5.74, 6) is -1.82. The maximum atomic E-state index is 12.4. The first-order valence-electron chi connectivity index (χ1n) is 8.70. The van der Waals surface area contributed by atoms with Crippen LogP contribution in [-0.2, 0) is 18.9 Å². The Morgan fingerprint density at radius 2 is 1.68 bits per heavy atom. The van der Waals surface area contributed by atoms with E-state index in [-0.39, 0.29) is 0 Å². The van der Waals surface area contributed by atoms with E-state index < -0.39 is 48.6 Å². The van der Waals surface area contributed by atoms with Gasteiger partial charge in [0, 0.05) is 6.42 Å². The van der Waals surface area contributed by atoms with Crippen molar-refractivity contribution in [2.45, 2.75) is 68.8 Å². The molecular weight excluding hydrogens is 328 g/mol. The Hall–Kier alpha value is -1.51. The first-order chi connectivity index (χ1) is 12.0. The molecule has 0 aromatic heterocycles. The van der Waals surface area contributed by atoms with Gasteiger partial charge < -0.3 is 29.2 Å². The van der Waals surface area contributed by atoms with Crippen molar-refractivity contribution in [3.05, 3.63) is 35.9 Å². The van der Waals surface area contributed by atoms with Gasteiger partial charge in [0.05, 0.1) is 5.56 Å². The molecule has 2 N–H and O–H groups in total. The van der Waals surface area contributed by atoms with E-state index >= 15 is 0 Å². The van der Waals surface area contributed by atoms with Crippen molar-refractivity contribution in [3.8, 4) is 0 Å². The lowest BCUT2D eigenvalue weighted by molar-refractivity contribution is -0.538. The summed E-state index contributed by atoms with van der Waals surface area (Å²) < 4.78 is 22.9. The Balaban J connectivity index is 1.56. The smallest absolute Gasteiger partial charge is 0.338 e. The summed E-state index contributed by atoms with van der Waals surface area (Å²) in [6, 6.07) is 8.54. The summed E-state index contributed by atoms with van der Waals surface area (Å²) in [6.07, 6.45) is -3.21. The van der Waals surface area contributed by atoms with Gasteiger partial charge in [-0.3, -0.25) is 0 Å². The molecule has 0 spiro atoms. The number of unbranched alkanes of at least 4 members (excludes halogenated alkanes) is 1. The Morgan fingerprint density at radius 3 is 2.28 bits per heavy atom. The van der Waals surface area contributed by atoms with Gasteiger partial charge in [-0.05, 0) is 18.6 Å².